The van der Waals surface area contributed by atoms with Gasteiger partial charge in [0.25, 0.3) is 0 Å². The van der Waals surface area contributed by atoms with Crippen molar-refractivity contribution in [2.45, 2.75) is 18.9 Å². The van der Waals surface area contributed by atoms with Crippen LogP contribution < -0.4 is 5.32 Å². The molecule has 2 nitrogen and oxygen atoms in total. The Morgan fingerprint density at radius 3 is 2.32 bits per heavy atom. The highest BCUT2D eigenvalue weighted by molar-refractivity contribution is 5.85. The fraction of sp³-hybridized carbons (Fsp3) is 0.571. The van der Waals surface area contributed by atoms with Gasteiger partial charge in [0.15, 0.2) is 0 Å². The summed E-state index contributed by atoms with van der Waals surface area (Å²) < 4.78 is 13.9. The van der Waals surface area contributed by atoms with Crippen LogP contribution in [0.1, 0.15) is 24.4 Å². The molecule has 0 aromatic heterocycles. The summed E-state index contributed by atoms with van der Waals surface area (Å²) in [6, 6.07) is 7.59. The van der Waals surface area contributed by atoms with Crippen molar-refractivity contribution in [1.29, 1.82) is 0 Å². The molecule has 1 aromatic carbocycles. The summed E-state index contributed by atoms with van der Waals surface area (Å²) >= 11 is 0. The van der Waals surface area contributed by atoms with Crippen LogP contribution in [-0.2, 0) is 0 Å². The average molecular weight is 307 g/mol. The molecule has 1 aromatic rings. The Kier molecular flexibility index (Phi) is 6.54. The van der Waals surface area contributed by atoms with Crippen molar-refractivity contribution in [3.05, 3.63) is 35.6 Å². The SMILES string of the molecule is Cl.Cl.Fc1ccccc1[C@@H](C1CC1)N1CCNCC1. The van der Waals surface area contributed by atoms with Gasteiger partial charge in [-0.1, -0.05) is 18.2 Å². The van der Waals surface area contributed by atoms with Gasteiger partial charge < -0.3 is 5.32 Å². The molecule has 5 heteroatoms. The average Bonchev–Trinajstić information content (AvgIpc) is 3.18. The van der Waals surface area contributed by atoms with Crippen molar-refractivity contribution >= 4 is 24.8 Å². The van der Waals surface area contributed by atoms with Crippen LogP contribution in [-0.4, -0.2) is 31.1 Å². The van der Waals surface area contributed by atoms with Gasteiger partial charge in [0.05, 0.1) is 0 Å². The quantitative estimate of drug-likeness (QED) is 0.923. The molecule has 1 aliphatic heterocycles. The Bertz CT molecular complexity index is 393. The minimum Gasteiger partial charge on any atom is -0.314 e. The summed E-state index contributed by atoms with van der Waals surface area (Å²) in [6.45, 7) is 4.13. The Hall–Kier alpha value is -0.350. The van der Waals surface area contributed by atoms with Crippen molar-refractivity contribution in [3.63, 3.8) is 0 Å². The first kappa shape index (κ1) is 16.7. The van der Waals surface area contributed by atoms with Crippen LogP contribution in [0.15, 0.2) is 24.3 Å². The van der Waals surface area contributed by atoms with Crippen LogP contribution in [0.5, 0.6) is 0 Å². The molecular formula is C14H21Cl2FN2. The fourth-order valence-corrected chi connectivity index (χ4v) is 2.84. The summed E-state index contributed by atoms with van der Waals surface area (Å²) in [4.78, 5) is 2.45. The monoisotopic (exact) mass is 306 g/mol. The van der Waals surface area contributed by atoms with E-state index in [4.69, 9.17) is 0 Å². The Morgan fingerprint density at radius 2 is 1.74 bits per heavy atom. The number of nitrogens with zero attached hydrogens (tertiary/aromatic N) is 1. The fourth-order valence-electron chi connectivity index (χ4n) is 2.84. The molecule has 1 heterocycles. The number of piperazine rings is 1. The highest BCUT2D eigenvalue weighted by Gasteiger charge is 2.37. The van der Waals surface area contributed by atoms with Crippen molar-refractivity contribution in [2.75, 3.05) is 26.2 Å². The molecule has 0 amide bonds. The molecule has 1 aliphatic carbocycles. The Labute approximate surface area is 126 Å². The first-order valence-electron chi connectivity index (χ1n) is 6.55. The Morgan fingerprint density at radius 1 is 1.11 bits per heavy atom. The lowest BCUT2D eigenvalue weighted by Crippen LogP contribution is -2.45. The smallest absolute Gasteiger partial charge is 0.127 e. The molecule has 2 fully saturated rings. The maximum atomic E-state index is 13.9. The van der Waals surface area contributed by atoms with Gasteiger partial charge in [-0.2, -0.15) is 0 Å². The molecule has 1 saturated carbocycles. The maximum Gasteiger partial charge on any atom is 0.127 e. The third-order valence-electron chi connectivity index (χ3n) is 3.84. The van der Waals surface area contributed by atoms with Gasteiger partial charge >= 0.3 is 0 Å². The van der Waals surface area contributed by atoms with Crippen molar-refractivity contribution in [2.24, 2.45) is 5.92 Å². The number of hydrogen-bond donors (Lipinski definition) is 1. The summed E-state index contributed by atoms with van der Waals surface area (Å²) in [6.07, 6.45) is 2.51. The molecule has 0 bridgehead atoms. The predicted octanol–water partition coefficient (Wildman–Crippen LogP) is 3.03. The normalized spacial score (nSPS) is 21.1. The van der Waals surface area contributed by atoms with E-state index in [9.17, 15) is 4.39 Å². The lowest BCUT2D eigenvalue weighted by molar-refractivity contribution is 0.153. The van der Waals surface area contributed by atoms with Crippen molar-refractivity contribution < 1.29 is 4.39 Å². The molecule has 1 saturated heterocycles. The van der Waals surface area contributed by atoms with E-state index in [0.29, 0.717) is 12.0 Å². The van der Waals surface area contributed by atoms with E-state index in [1.807, 2.05) is 12.1 Å². The first-order chi connectivity index (χ1) is 8.36. The van der Waals surface area contributed by atoms with Gasteiger partial charge in [-0.05, 0) is 24.8 Å². The summed E-state index contributed by atoms with van der Waals surface area (Å²) in [5, 5.41) is 3.36. The van der Waals surface area contributed by atoms with Crippen LogP contribution in [0.3, 0.4) is 0 Å². The van der Waals surface area contributed by atoms with Gasteiger partial charge in [0, 0.05) is 37.8 Å². The van der Waals surface area contributed by atoms with Crippen molar-refractivity contribution in [1.82, 2.24) is 10.2 Å². The van der Waals surface area contributed by atoms with E-state index in [0.717, 1.165) is 31.7 Å². The second-order valence-corrected chi connectivity index (χ2v) is 5.09. The standard InChI is InChI=1S/C14H19FN2.2ClH/c15-13-4-2-1-3-12(13)14(11-5-6-11)17-9-7-16-8-10-17;;/h1-4,11,14,16H,5-10H2;2*1H/t14-;;/m1../s1. The van der Waals surface area contributed by atoms with E-state index >= 15 is 0 Å². The number of nitrogens with one attached hydrogen (secondary N) is 1. The number of halogens is 3. The number of rotatable bonds is 3. The van der Waals surface area contributed by atoms with Gasteiger partial charge in [-0.15, -0.1) is 24.8 Å². The van der Waals surface area contributed by atoms with E-state index < -0.39 is 0 Å². The molecule has 108 valence electrons. The lowest BCUT2D eigenvalue weighted by atomic mass is 9.99. The molecule has 2 aliphatic rings. The Balaban J connectivity index is 0.000000902. The van der Waals surface area contributed by atoms with Crippen LogP contribution in [0.25, 0.3) is 0 Å². The number of benzene rings is 1. The first-order valence-corrected chi connectivity index (χ1v) is 6.55. The summed E-state index contributed by atoms with van der Waals surface area (Å²) in [5.41, 5.74) is 0.900. The third-order valence-corrected chi connectivity index (χ3v) is 3.84. The minimum atomic E-state index is -0.0390. The summed E-state index contributed by atoms with van der Waals surface area (Å²) in [7, 11) is 0. The lowest BCUT2D eigenvalue weighted by Gasteiger charge is -2.35. The summed E-state index contributed by atoms with van der Waals surface area (Å²) in [5.74, 6) is 0.632. The molecule has 0 spiro atoms. The molecule has 0 radical (unpaired) electrons. The van der Waals surface area contributed by atoms with Crippen LogP contribution in [0.4, 0.5) is 4.39 Å². The van der Waals surface area contributed by atoms with Gasteiger partial charge in [0.2, 0.25) is 0 Å². The highest BCUT2D eigenvalue weighted by atomic mass is 35.5. The van der Waals surface area contributed by atoms with Crippen LogP contribution in [0, 0.1) is 11.7 Å². The molecule has 19 heavy (non-hydrogen) atoms. The van der Waals surface area contributed by atoms with E-state index in [-0.39, 0.29) is 30.6 Å². The molecule has 1 atom stereocenters. The molecule has 1 N–H and O–H groups in total. The van der Waals surface area contributed by atoms with E-state index in [1.54, 1.807) is 12.1 Å². The highest BCUT2D eigenvalue weighted by Crippen LogP contribution is 2.45. The minimum absolute atomic E-state index is 0. The predicted molar refractivity (Wildman–Crippen MR) is 80.8 cm³/mol. The molecular weight excluding hydrogens is 286 g/mol. The van der Waals surface area contributed by atoms with Gasteiger partial charge in [0.1, 0.15) is 5.82 Å². The number of hydrogen-bond acceptors (Lipinski definition) is 2. The second-order valence-electron chi connectivity index (χ2n) is 5.09. The van der Waals surface area contributed by atoms with Crippen molar-refractivity contribution in [3.8, 4) is 0 Å². The van der Waals surface area contributed by atoms with Crippen LogP contribution >= 0.6 is 24.8 Å². The topological polar surface area (TPSA) is 15.3 Å². The molecule has 3 rings (SSSR count). The zero-order chi connectivity index (χ0) is 11.7. The molecule has 0 unspecified atom stereocenters. The second kappa shape index (κ2) is 7.44. The zero-order valence-electron chi connectivity index (χ0n) is 10.8. The van der Waals surface area contributed by atoms with Gasteiger partial charge in [-0.3, -0.25) is 4.90 Å². The third kappa shape index (κ3) is 3.82. The van der Waals surface area contributed by atoms with E-state index in [1.165, 1.54) is 12.8 Å². The van der Waals surface area contributed by atoms with Gasteiger partial charge in [-0.25, -0.2) is 4.39 Å². The maximum absolute atomic E-state index is 13.9. The van der Waals surface area contributed by atoms with Crippen LogP contribution in [0.2, 0.25) is 0 Å². The largest absolute Gasteiger partial charge is 0.314 e. The van der Waals surface area contributed by atoms with E-state index in [2.05, 4.69) is 10.2 Å². The zero-order valence-corrected chi connectivity index (χ0v) is 12.5.